The molecule has 1 saturated heterocycles. The molecule has 2 N–H and O–H groups in total. The second-order valence-electron chi connectivity index (χ2n) is 7.92. The Morgan fingerprint density at radius 3 is 2.67 bits per heavy atom. The van der Waals surface area contributed by atoms with Crippen LogP contribution >= 0.6 is 0 Å². The number of ether oxygens (including phenoxy) is 1. The van der Waals surface area contributed by atoms with Crippen LogP contribution in [0.2, 0.25) is 0 Å². The molecule has 0 aliphatic carbocycles. The first kappa shape index (κ1) is 23.6. The minimum Gasteiger partial charge on any atom is -0.393 e. The van der Waals surface area contributed by atoms with Crippen LogP contribution in [0.5, 0.6) is 0 Å². The zero-order chi connectivity index (χ0) is 20.3. The summed E-state index contributed by atoms with van der Waals surface area (Å²) in [5, 5.41) is 20.3. The van der Waals surface area contributed by atoms with Crippen molar-refractivity contribution in [2.24, 2.45) is 11.8 Å². The van der Waals surface area contributed by atoms with Crippen LogP contribution in [0.4, 0.5) is 0 Å². The van der Waals surface area contributed by atoms with Crippen LogP contribution in [-0.4, -0.2) is 28.2 Å². The summed E-state index contributed by atoms with van der Waals surface area (Å²) in [5.41, 5.74) is 1.37. The van der Waals surface area contributed by atoms with Gasteiger partial charge in [0.25, 0.3) is 0 Å². The molecule has 0 bridgehead atoms. The van der Waals surface area contributed by atoms with E-state index in [0.717, 1.165) is 19.3 Å². The SMILES string of the molecule is C=CCCC=CC=C(C)CC(C)C=CC=CCC1CC(O)C(C)C(C)(O)O1. The average Bonchev–Trinajstić information content (AvgIpc) is 2.58. The summed E-state index contributed by atoms with van der Waals surface area (Å²) in [4.78, 5) is 0. The number of hydrogen-bond donors (Lipinski definition) is 2. The summed E-state index contributed by atoms with van der Waals surface area (Å²) in [7, 11) is 0. The van der Waals surface area contributed by atoms with Crippen LogP contribution in [-0.2, 0) is 4.74 Å². The first-order valence-corrected chi connectivity index (χ1v) is 10.1. The van der Waals surface area contributed by atoms with Gasteiger partial charge in [0, 0.05) is 12.3 Å². The zero-order valence-electron chi connectivity index (χ0n) is 17.5. The minimum absolute atomic E-state index is 0.147. The Kier molecular flexibility index (Phi) is 10.6. The topological polar surface area (TPSA) is 49.7 Å². The van der Waals surface area contributed by atoms with E-state index in [0.29, 0.717) is 18.8 Å². The highest BCUT2D eigenvalue weighted by atomic mass is 16.6. The fourth-order valence-corrected chi connectivity index (χ4v) is 3.22. The lowest BCUT2D eigenvalue weighted by molar-refractivity contribution is -0.290. The number of aliphatic hydroxyl groups is 2. The Morgan fingerprint density at radius 2 is 2.00 bits per heavy atom. The largest absolute Gasteiger partial charge is 0.393 e. The lowest BCUT2D eigenvalue weighted by atomic mass is 9.87. The van der Waals surface area contributed by atoms with Crippen LogP contribution in [0, 0.1) is 11.8 Å². The molecule has 0 amide bonds. The Balaban J connectivity index is 2.35. The van der Waals surface area contributed by atoms with Crippen molar-refractivity contribution in [2.75, 3.05) is 0 Å². The smallest absolute Gasteiger partial charge is 0.168 e. The van der Waals surface area contributed by atoms with Crippen molar-refractivity contribution < 1.29 is 14.9 Å². The molecular weight excluding hydrogens is 336 g/mol. The standard InChI is InChI=1S/C24H38O3/c1-6-7-8-9-11-14-19(2)17-20(3)15-12-10-13-16-22-18-23(25)21(4)24(5,26)27-22/h6,9-15,20-23,25-26H,1,7-8,16-18H2,2-5H3. The molecule has 5 unspecified atom stereocenters. The molecule has 3 heteroatoms. The predicted molar refractivity (Wildman–Crippen MR) is 114 cm³/mol. The molecule has 27 heavy (non-hydrogen) atoms. The van der Waals surface area contributed by atoms with Crippen molar-refractivity contribution in [3.63, 3.8) is 0 Å². The lowest BCUT2D eigenvalue weighted by Crippen LogP contribution is -2.50. The Hall–Kier alpha value is -1.42. The van der Waals surface area contributed by atoms with Crippen LogP contribution in [0.3, 0.4) is 0 Å². The summed E-state index contributed by atoms with van der Waals surface area (Å²) in [6, 6.07) is 0. The number of rotatable bonds is 10. The van der Waals surface area contributed by atoms with Gasteiger partial charge in [-0.15, -0.1) is 6.58 Å². The van der Waals surface area contributed by atoms with E-state index >= 15 is 0 Å². The minimum atomic E-state index is -1.26. The summed E-state index contributed by atoms with van der Waals surface area (Å²) in [6.45, 7) is 11.5. The number of hydrogen-bond acceptors (Lipinski definition) is 3. The summed E-state index contributed by atoms with van der Waals surface area (Å²) in [5.74, 6) is -1.06. The monoisotopic (exact) mass is 374 g/mol. The fraction of sp³-hybridized carbons (Fsp3) is 0.583. The molecule has 0 aromatic rings. The quantitative estimate of drug-likeness (QED) is 0.302. The third-order valence-electron chi connectivity index (χ3n) is 5.12. The number of unbranched alkanes of at least 4 members (excludes halogenated alkanes) is 1. The van der Waals surface area contributed by atoms with E-state index in [9.17, 15) is 10.2 Å². The van der Waals surface area contributed by atoms with Crippen molar-refractivity contribution in [3.05, 3.63) is 60.8 Å². The molecule has 1 aliphatic heterocycles. The molecular formula is C24H38O3. The van der Waals surface area contributed by atoms with Crippen LogP contribution < -0.4 is 0 Å². The zero-order valence-corrected chi connectivity index (χ0v) is 17.5. The molecule has 1 rings (SSSR count). The van der Waals surface area contributed by atoms with Gasteiger partial charge in [0.05, 0.1) is 12.2 Å². The van der Waals surface area contributed by atoms with Crippen molar-refractivity contribution in [1.82, 2.24) is 0 Å². The molecule has 1 heterocycles. The van der Waals surface area contributed by atoms with E-state index < -0.39 is 11.9 Å². The van der Waals surface area contributed by atoms with Gasteiger partial charge < -0.3 is 14.9 Å². The molecule has 152 valence electrons. The van der Waals surface area contributed by atoms with Crippen LogP contribution in [0.25, 0.3) is 0 Å². The number of allylic oxidation sites excluding steroid dienone is 8. The molecule has 1 aliphatic rings. The predicted octanol–water partition coefficient (Wildman–Crippen LogP) is 5.48. The van der Waals surface area contributed by atoms with E-state index in [4.69, 9.17) is 4.74 Å². The van der Waals surface area contributed by atoms with Gasteiger partial charge in [-0.1, -0.05) is 68.0 Å². The Labute approximate surface area is 165 Å². The normalized spacial score (nSPS) is 31.2. The highest BCUT2D eigenvalue weighted by Gasteiger charge is 2.42. The lowest BCUT2D eigenvalue weighted by Gasteiger charge is -2.42. The summed E-state index contributed by atoms with van der Waals surface area (Å²) >= 11 is 0. The maximum absolute atomic E-state index is 10.2. The molecule has 0 radical (unpaired) electrons. The van der Waals surface area contributed by atoms with Crippen molar-refractivity contribution in [3.8, 4) is 0 Å². The first-order valence-electron chi connectivity index (χ1n) is 10.1. The Morgan fingerprint density at radius 1 is 1.26 bits per heavy atom. The van der Waals surface area contributed by atoms with Gasteiger partial charge in [-0.25, -0.2) is 0 Å². The summed E-state index contributed by atoms with van der Waals surface area (Å²) in [6.07, 6.45) is 20.4. The van der Waals surface area contributed by atoms with Gasteiger partial charge in [0.1, 0.15) is 0 Å². The van der Waals surface area contributed by atoms with E-state index in [-0.39, 0.29) is 12.0 Å². The highest BCUT2D eigenvalue weighted by molar-refractivity contribution is 5.13. The second-order valence-corrected chi connectivity index (χ2v) is 7.92. The maximum Gasteiger partial charge on any atom is 0.168 e. The highest BCUT2D eigenvalue weighted by Crippen LogP contribution is 2.33. The maximum atomic E-state index is 10.2. The van der Waals surface area contributed by atoms with E-state index in [2.05, 4.69) is 50.8 Å². The van der Waals surface area contributed by atoms with Crippen LogP contribution in [0.15, 0.2) is 60.8 Å². The molecule has 0 saturated carbocycles. The summed E-state index contributed by atoms with van der Waals surface area (Å²) < 4.78 is 5.70. The third-order valence-corrected chi connectivity index (χ3v) is 5.12. The molecule has 1 fully saturated rings. The van der Waals surface area contributed by atoms with Crippen molar-refractivity contribution >= 4 is 0 Å². The van der Waals surface area contributed by atoms with Gasteiger partial charge in [0.2, 0.25) is 0 Å². The molecule has 0 aromatic carbocycles. The number of aliphatic hydroxyl groups excluding tert-OH is 1. The second kappa shape index (κ2) is 12.1. The van der Waals surface area contributed by atoms with Gasteiger partial charge in [-0.2, -0.15) is 0 Å². The van der Waals surface area contributed by atoms with Gasteiger partial charge >= 0.3 is 0 Å². The van der Waals surface area contributed by atoms with Gasteiger partial charge in [0.15, 0.2) is 5.79 Å². The van der Waals surface area contributed by atoms with Crippen molar-refractivity contribution in [1.29, 1.82) is 0 Å². The molecule has 5 atom stereocenters. The van der Waals surface area contributed by atoms with E-state index in [1.165, 1.54) is 5.57 Å². The van der Waals surface area contributed by atoms with E-state index in [1.54, 1.807) is 6.92 Å². The van der Waals surface area contributed by atoms with Gasteiger partial charge in [-0.05, 0) is 45.4 Å². The molecule has 0 aromatic heterocycles. The molecule has 0 spiro atoms. The van der Waals surface area contributed by atoms with Crippen molar-refractivity contribution in [2.45, 2.75) is 77.8 Å². The van der Waals surface area contributed by atoms with E-state index in [1.807, 2.05) is 25.2 Å². The third kappa shape index (κ3) is 9.37. The Bertz CT molecular complexity index is 554. The molecule has 3 nitrogen and oxygen atoms in total. The average molecular weight is 375 g/mol. The van der Waals surface area contributed by atoms with Gasteiger partial charge in [-0.3, -0.25) is 0 Å². The van der Waals surface area contributed by atoms with Crippen LogP contribution in [0.1, 0.15) is 59.8 Å². The fourth-order valence-electron chi connectivity index (χ4n) is 3.22. The first-order chi connectivity index (χ1) is 12.8.